The lowest BCUT2D eigenvalue weighted by molar-refractivity contribution is -0.135. The third kappa shape index (κ3) is 17.2. The molecule has 6 aliphatic rings. The fraction of sp³-hybridized carbons (Fsp3) is 0.620. The van der Waals surface area contributed by atoms with E-state index in [9.17, 15) is 29.0 Å². The lowest BCUT2D eigenvalue weighted by atomic mass is 9.70. The Labute approximate surface area is 537 Å². The van der Waals surface area contributed by atoms with E-state index in [1.807, 2.05) is 52.7 Å². The third-order valence-electron chi connectivity index (χ3n) is 19.2. The molecule has 6 atom stereocenters. The number of likely N-dealkylation sites (tertiary alicyclic amines) is 1. The Morgan fingerprint density at radius 1 is 0.911 bits per heavy atom. The minimum atomic E-state index is -0.640. The Hall–Kier alpha value is -5.91. The SMILES string of the molecule is CC.CC=O.CCCC(=O)N(c1ccc(N2CCC(N3CC(CCC)(CCC(C)CC)C3)CC2)cc1C)C1CCC(=O)NC1=O.CCc1c(F)ccc2cc(O)cc(-c3ncc4c(N5CCCC(O)C5)nc(OC)nc4c3P)c12.COCC1CCC2CCCN21. The van der Waals surface area contributed by atoms with Crippen molar-refractivity contribution < 1.29 is 43.3 Å². The Balaban J connectivity index is 0.000000207. The van der Waals surface area contributed by atoms with E-state index in [4.69, 9.17) is 19.3 Å². The number of benzene rings is 3. The average Bonchev–Trinajstić information content (AvgIpc) is 1.10. The topological polar surface area (TPSA) is 194 Å². The largest absolute Gasteiger partial charge is 0.508 e. The van der Waals surface area contributed by atoms with E-state index in [1.54, 1.807) is 29.3 Å². The van der Waals surface area contributed by atoms with E-state index in [0.29, 0.717) is 77.1 Å². The van der Waals surface area contributed by atoms with Crippen molar-refractivity contribution >= 4 is 77.4 Å². The van der Waals surface area contributed by atoms with Gasteiger partial charge in [0.1, 0.15) is 29.7 Å². The number of aldehydes is 1. The highest BCUT2D eigenvalue weighted by atomic mass is 31.0. The molecule has 3 aromatic carbocycles. The molecule has 6 saturated heterocycles. The number of anilines is 3. The van der Waals surface area contributed by atoms with Crippen molar-refractivity contribution in [1.82, 2.24) is 30.1 Å². The molecular formula is C71H105FN9O8P. The van der Waals surface area contributed by atoms with Crippen molar-refractivity contribution in [3.63, 3.8) is 0 Å². The molecule has 0 saturated carbocycles. The van der Waals surface area contributed by atoms with Crippen LogP contribution in [0.4, 0.5) is 21.6 Å². The molecule has 0 spiro atoms. The number of nitrogens with zero attached hydrogens (tertiary/aromatic N) is 8. The molecule has 494 valence electrons. The zero-order valence-electron chi connectivity index (χ0n) is 55.9. The van der Waals surface area contributed by atoms with Crippen LogP contribution in [0.15, 0.2) is 48.7 Å². The summed E-state index contributed by atoms with van der Waals surface area (Å²) in [5, 5.41) is 25.9. The summed E-state index contributed by atoms with van der Waals surface area (Å²) in [5.74, 6) is 0.575. The van der Waals surface area contributed by atoms with Gasteiger partial charge in [0.25, 0.3) is 0 Å². The van der Waals surface area contributed by atoms with Crippen molar-refractivity contribution in [3.8, 4) is 23.0 Å². The molecule has 17 nitrogen and oxygen atoms in total. The standard InChI is InChI=1S/C33H52N4O3.C25H26FN4O3P.C9H17NO.C2H4O.C2H6/c1-6-9-31(39)37(29-12-13-30(38)34-32(29)40)28-11-10-27(21-25(28)5)35-19-15-26(16-20-35)36-22-33(23-36,17-7-2)18-14-24(4)8-3;1-3-16-19(26)7-6-13-9-15(32)10-17(20(13)16)21-23(34)22-18(11-27-21)24(29-25(28-22)33-2)30-8-4-5-14(31)12-30;1-11-7-9-5-4-8-3-2-6-10(8)9;1-2-3;1-2/h10-11,21,24,26,29H,6-9,12-20,22-23H2,1-5H3,(H,34,38,40);6-7,9-11,14,31-32H,3-5,8,12,34H2,1-2H3;8-9H,2-7H2,1H3;2H,1H3;1-2H3. The molecule has 0 bridgehead atoms. The summed E-state index contributed by atoms with van der Waals surface area (Å²) in [7, 11) is 6.02. The number of phenols is 1. The van der Waals surface area contributed by atoms with Crippen LogP contribution in [-0.2, 0) is 30.3 Å². The highest BCUT2D eigenvalue weighted by Crippen LogP contribution is 2.44. The van der Waals surface area contributed by atoms with Crippen molar-refractivity contribution in [3.05, 3.63) is 65.6 Å². The average molecular weight is 1260 g/mol. The van der Waals surface area contributed by atoms with Crippen LogP contribution in [0.2, 0.25) is 0 Å². The Morgan fingerprint density at radius 2 is 1.64 bits per heavy atom. The number of imide groups is 1. The van der Waals surface area contributed by atoms with E-state index >= 15 is 0 Å². The maximum atomic E-state index is 14.7. The normalized spacial score (nSPS) is 21.0. The first-order valence-corrected chi connectivity index (χ1v) is 34.3. The van der Waals surface area contributed by atoms with Crippen molar-refractivity contribution in [2.75, 3.05) is 81.3 Å². The summed E-state index contributed by atoms with van der Waals surface area (Å²) in [6.45, 7) is 26.5. The number of methoxy groups -OCH3 is 2. The summed E-state index contributed by atoms with van der Waals surface area (Å²) in [6.07, 6.45) is 20.5. The summed E-state index contributed by atoms with van der Waals surface area (Å²) in [5.41, 5.74) is 5.90. The highest BCUT2D eigenvalue weighted by Gasteiger charge is 2.45. The molecule has 6 unspecified atom stereocenters. The maximum absolute atomic E-state index is 14.7. The number of piperidine rings is 3. The number of β-amino-alcohol motifs (C(OH)–C–C–N with tert-alkyl or cyclic N) is 1. The maximum Gasteiger partial charge on any atom is 0.318 e. The number of phenolic OH excluding ortho intramolecular Hbond substituents is 1. The Bertz CT molecular complexity index is 3190. The minimum Gasteiger partial charge on any atom is -0.508 e. The van der Waals surface area contributed by atoms with E-state index < -0.39 is 12.1 Å². The first-order valence-electron chi connectivity index (χ1n) is 33.7. The molecule has 8 heterocycles. The number of aromatic nitrogens is 3. The van der Waals surface area contributed by atoms with Gasteiger partial charge in [-0.05, 0) is 173 Å². The van der Waals surface area contributed by atoms with Gasteiger partial charge in [-0.1, -0.05) is 73.8 Å². The van der Waals surface area contributed by atoms with E-state index in [2.05, 4.69) is 72.1 Å². The molecule has 90 heavy (non-hydrogen) atoms. The fourth-order valence-corrected chi connectivity index (χ4v) is 15.0. The molecule has 2 aromatic heterocycles. The Morgan fingerprint density at radius 3 is 2.29 bits per heavy atom. The number of fused-ring (bicyclic) bond motifs is 3. The zero-order chi connectivity index (χ0) is 65.2. The fourth-order valence-electron chi connectivity index (χ4n) is 14.5. The number of amides is 3. The number of pyridine rings is 1. The van der Waals surface area contributed by atoms with Gasteiger partial charge in [-0.25, -0.2) is 4.39 Å². The van der Waals surface area contributed by atoms with Crippen LogP contribution in [0.5, 0.6) is 11.8 Å². The van der Waals surface area contributed by atoms with Crippen LogP contribution in [0.25, 0.3) is 32.9 Å². The Kier molecular flexibility index (Phi) is 27.1. The number of hydrogen-bond donors (Lipinski definition) is 3. The molecule has 6 fully saturated rings. The van der Waals surface area contributed by atoms with Crippen LogP contribution in [-0.4, -0.2) is 156 Å². The van der Waals surface area contributed by atoms with Gasteiger partial charge in [0.15, 0.2) is 0 Å². The minimum absolute atomic E-state index is 0.0634. The quantitative estimate of drug-likeness (QED) is 0.0426. The number of halogens is 1. The molecule has 3 amide bonds. The van der Waals surface area contributed by atoms with Gasteiger partial charge in [-0.3, -0.25) is 39.4 Å². The lowest BCUT2D eigenvalue weighted by Crippen LogP contribution is -2.61. The molecule has 19 heteroatoms. The number of nitrogens with one attached hydrogen (secondary N) is 1. The summed E-state index contributed by atoms with van der Waals surface area (Å²) in [6, 6.07) is 14.5. The van der Waals surface area contributed by atoms with Crippen LogP contribution >= 0.6 is 9.24 Å². The van der Waals surface area contributed by atoms with Gasteiger partial charge in [-0.15, -0.1) is 9.24 Å². The number of carbonyl (C=O) groups excluding carboxylic acids is 4. The van der Waals surface area contributed by atoms with Crippen LogP contribution in [0.3, 0.4) is 0 Å². The number of aliphatic hydroxyl groups is 1. The van der Waals surface area contributed by atoms with Gasteiger partial charge in [0, 0.05) is 106 Å². The second kappa shape index (κ2) is 34.1. The van der Waals surface area contributed by atoms with E-state index in [1.165, 1.54) is 116 Å². The number of aliphatic hydroxyl groups excluding tert-OH is 1. The van der Waals surface area contributed by atoms with Crippen molar-refractivity contribution in [2.45, 2.75) is 208 Å². The molecule has 3 N–H and O–H groups in total. The van der Waals surface area contributed by atoms with Crippen LogP contribution in [0.1, 0.15) is 176 Å². The van der Waals surface area contributed by atoms with Crippen molar-refractivity contribution in [1.29, 1.82) is 0 Å². The summed E-state index contributed by atoms with van der Waals surface area (Å²) >= 11 is 0. The summed E-state index contributed by atoms with van der Waals surface area (Å²) < 4.78 is 25.3. The first-order chi connectivity index (χ1) is 43.4. The molecular weight excluding hydrogens is 1160 g/mol. The van der Waals surface area contributed by atoms with Crippen LogP contribution in [0, 0.1) is 24.1 Å². The molecule has 0 aliphatic carbocycles. The number of rotatable bonds is 18. The van der Waals surface area contributed by atoms with Gasteiger partial charge in [0.2, 0.25) is 17.7 Å². The predicted octanol–water partition coefficient (Wildman–Crippen LogP) is 12.0. The molecule has 0 radical (unpaired) electrons. The second-order valence-corrected chi connectivity index (χ2v) is 25.9. The highest BCUT2D eigenvalue weighted by molar-refractivity contribution is 7.28. The van der Waals surface area contributed by atoms with E-state index in [0.717, 1.165) is 90.8 Å². The molecule has 11 rings (SSSR count). The first kappa shape index (κ1) is 71.5. The molecule has 6 aliphatic heterocycles. The van der Waals surface area contributed by atoms with Gasteiger partial charge >= 0.3 is 6.01 Å². The number of carbonyl (C=O) groups is 4. The van der Waals surface area contributed by atoms with Gasteiger partial charge in [0.05, 0.1) is 36.4 Å². The summed E-state index contributed by atoms with van der Waals surface area (Å²) in [4.78, 5) is 71.8. The zero-order valence-corrected chi connectivity index (χ0v) is 57.1. The van der Waals surface area contributed by atoms with E-state index in [-0.39, 0.29) is 41.7 Å². The lowest BCUT2D eigenvalue weighted by Gasteiger charge is -2.55. The van der Waals surface area contributed by atoms with Crippen molar-refractivity contribution in [2.24, 2.45) is 11.3 Å². The number of hydrogen-bond acceptors (Lipinski definition) is 15. The second-order valence-electron chi connectivity index (χ2n) is 25.4. The monoisotopic (exact) mass is 1260 g/mol. The third-order valence-corrected chi connectivity index (χ3v) is 19.8. The molecule has 5 aromatic rings. The number of ether oxygens (including phenoxy) is 2. The number of aryl methyl sites for hydroxylation is 2. The van der Waals surface area contributed by atoms with Gasteiger partial charge < -0.3 is 34.3 Å². The van der Waals surface area contributed by atoms with Gasteiger partial charge in [-0.2, -0.15) is 9.97 Å². The van der Waals surface area contributed by atoms with Crippen LogP contribution < -0.4 is 30.1 Å². The predicted molar refractivity (Wildman–Crippen MR) is 365 cm³/mol. The number of aromatic hydroxyl groups is 1. The smallest absolute Gasteiger partial charge is 0.318 e.